The van der Waals surface area contributed by atoms with Crippen LogP contribution in [0.5, 0.6) is 0 Å². The van der Waals surface area contributed by atoms with Crippen LogP contribution in [0.1, 0.15) is 23.2 Å². The summed E-state index contributed by atoms with van der Waals surface area (Å²) >= 11 is 6.13. The minimum atomic E-state index is -2.60. The van der Waals surface area contributed by atoms with E-state index in [1.807, 2.05) is 36.7 Å². The molecular weight excluding hydrogens is 702 g/mol. The molecule has 0 aliphatic carbocycles. The predicted molar refractivity (Wildman–Crippen MR) is 124 cm³/mol. The molecular formula is C24H27ClEsF2N4O2-2. The van der Waals surface area contributed by atoms with Gasteiger partial charge in [0.1, 0.15) is 0 Å². The molecule has 4 rings (SSSR count). The van der Waals surface area contributed by atoms with Gasteiger partial charge in [0.05, 0.1) is 23.2 Å². The molecule has 2 aliphatic rings. The van der Waals surface area contributed by atoms with Gasteiger partial charge in [0.15, 0.2) is 0 Å². The number of piperidine rings is 1. The summed E-state index contributed by atoms with van der Waals surface area (Å²) in [5.41, 5.74) is 0.970. The molecule has 34 heavy (non-hydrogen) atoms. The molecule has 2 aliphatic heterocycles. The molecule has 0 saturated carbocycles. The first-order valence-corrected chi connectivity index (χ1v) is 11.2. The fourth-order valence-corrected chi connectivity index (χ4v) is 4.12. The fourth-order valence-electron chi connectivity index (χ4n) is 3.86. The van der Waals surface area contributed by atoms with Gasteiger partial charge in [-0.1, -0.05) is 11.6 Å². The number of carbonyl (C=O) groups excluding carboxylic acids is 2. The third-order valence-corrected chi connectivity index (χ3v) is 5.94. The van der Waals surface area contributed by atoms with Crippen LogP contribution in [0, 0.1) is 6.07 Å². The number of rotatable bonds is 7. The van der Waals surface area contributed by atoms with Crippen molar-refractivity contribution in [1.29, 1.82) is 0 Å². The molecule has 0 aromatic heterocycles. The number of anilines is 1. The number of hydrogen-bond donors (Lipinski definition) is 2. The minimum Gasteiger partial charge on any atom is -0.520 e. The van der Waals surface area contributed by atoms with Crippen LogP contribution in [0.4, 0.5) is 14.5 Å². The van der Waals surface area contributed by atoms with Crippen LogP contribution < -0.4 is 10.6 Å². The number of carbonyl (C=O) groups is 1. The van der Waals surface area contributed by atoms with Crippen molar-refractivity contribution in [3.05, 3.63) is 65.2 Å². The van der Waals surface area contributed by atoms with Gasteiger partial charge in [-0.2, -0.15) is 42.8 Å². The molecule has 0 atom stereocenters. The first-order chi connectivity index (χ1) is 16.0. The average molecular weight is 729 g/mol. The molecule has 2 aromatic rings. The van der Waals surface area contributed by atoms with E-state index in [2.05, 4.69) is 21.6 Å². The third-order valence-electron chi connectivity index (χ3n) is 5.63. The van der Waals surface area contributed by atoms with E-state index in [9.17, 15) is 18.4 Å². The van der Waals surface area contributed by atoms with Crippen molar-refractivity contribution in [1.82, 2.24) is 15.1 Å². The molecule has 1 radical (unpaired) electrons. The normalized spacial score (nSPS) is 16.5. The molecule has 2 N–H and O–H groups in total. The van der Waals surface area contributed by atoms with Gasteiger partial charge in [0.25, 0.3) is 12.3 Å². The molecule has 2 aromatic carbocycles. The number of nitrogens with zero attached hydrogens (tertiary/aromatic N) is 2. The summed E-state index contributed by atoms with van der Waals surface area (Å²) in [6.45, 7) is 2.63. The van der Waals surface area contributed by atoms with Gasteiger partial charge in [-0.05, 0) is 44.1 Å². The van der Waals surface area contributed by atoms with E-state index in [4.69, 9.17) is 11.6 Å². The van der Waals surface area contributed by atoms with E-state index in [0.717, 1.165) is 44.7 Å². The maximum absolute atomic E-state index is 12.2. The first-order valence-electron chi connectivity index (χ1n) is 10.9. The Morgan fingerprint density at radius 3 is 2.35 bits per heavy atom. The Morgan fingerprint density at radius 2 is 1.85 bits per heavy atom. The first kappa shape index (κ1) is 26.5. The minimum absolute atomic E-state index is 0. The summed E-state index contributed by atoms with van der Waals surface area (Å²) in [6, 6.07) is 18.2. The zero-order valence-electron chi connectivity index (χ0n) is 18.4. The Labute approximate surface area is 197 Å². The Morgan fingerprint density at radius 1 is 1.18 bits per heavy atom. The van der Waals surface area contributed by atoms with E-state index in [0.29, 0.717) is 6.04 Å². The van der Waals surface area contributed by atoms with Crippen LogP contribution in [0.2, 0.25) is 5.02 Å². The third kappa shape index (κ3) is 7.71. The molecule has 6 nitrogen and oxygen atoms in total. The monoisotopic (exact) mass is 728 g/mol. The Balaban J connectivity index is 0.000000508. The summed E-state index contributed by atoms with van der Waals surface area (Å²) in [5, 5.41) is 5.74. The van der Waals surface area contributed by atoms with Gasteiger partial charge in [-0.3, -0.25) is 9.69 Å². The van der Waals surface area contributed by atoms with Crippen molar-refractivity contribution in [2.24, 2.45) is 0 Å². The van der Waals surface area contributed by atoms with Crippen molar-refractivity contribution in [2.75, 3.05) is 38.0 Å². The van der Waals surface area contributed by atoms with E-state index in [-0.39, 0.29) is 16.6 Å². The van der Waals surface area contributed by atoms with Crippen LogP contribution in [0.15, 0.2) is 48.5 Å². The number of amides is 2. The van der Waals surface area contributed by atoms with Crippen molar-refractivity contribution >= 4 is 29.6 Å². The number of nitrogens with one attached hydrogen (secondary N) is 2. The molecule has 0 bridgehead atoms. The summed E-state index contributed by atoms with van der Waals surface area (Å²) in [4.78, 5) is 26.6. The molecule has 2 heterocycles. The maximum Gasteiger partial charge on any atom is 0.255 e. The molecule has 10 heteroatoms. The van der Waals surface area contributed by atoms with Gasteiger partial charge in [0, 0.05) is 24.8 Å². The fraction of sp³-hybridized carbons (Fsp3) is 0.417. The van der Waals surface area contributed by atoms with E-state index in [1.54, 1.807) is 17.0 Å². The summed E-state index contributed by atoms with van der Waals surface area (Å²) in [7, 11) is 0. The van der Waals surface area contributed by atoms with Gasteiger partial charge in [0.2, 0.25) is 0 Å². The molecule has 189 valence electrons. The van der Waals surface area contributed by atoms with Crippen LogP contribution in [-0.4, -0.2) is 73.4 Å². The Bertz CT molecular complexity index is 869. The van der Waals surface area contributed by atoms with E-state index in [1.165, 1.54) is 6.07 Å². The second kappa shape index (κ2) is 13.1. The molecule has 0 spiro atoms. The van der Waals surface area contributed by atoms with E-state index < -0.39 is 18.9 Å². The quantitative estimate of drug-likeness (QED) is 0.430. The van der Waals surface area contributed by atoms with Crippen molar-refractivity contribution in [3.8, 4) is 0 Å². The molecule has 0 unspecified atom stereocenters. The van der Waals surface area contributed by atoms with Crippen LogP contribution >= 0.6 is 11.6 Å². The van der Waals surface area contributed by atoms with Crippen LogP contribution in [0.3, 0.4) is 0 Å². The van der Waals surface area contributed by atoms with Crippen molar-refractivity contribution in [2.45, 2.75) is 31.4 Å². The van der Waals surface area contributed by atoms with Crippen LogP contribution in [-0.2, 0) is 4.79 Å². The second-order valence-electron chi connectivity index (χ2n) is 7.98. The van der Waals surface area contributed by atoms with Gasteiger partial charge < -0.3 is 20.3 Å². The maximum atomic E-state index is 12.2. The van der Waals surface area contributed by atoms with Gasteiger partial charge >= 0.3 is 0 Å². The molecule has 2 amide bonds. The van der Waals surface area contributed by atoms with E-state index >= 15 is 0 Å². The summed E-state index contributed by atoms with van der Waals surface area (Å²) in [6.07, 6.45) is 1.29. The second-order valence-corrected chi connectivity index (χ2v) is 8.38. The number of hydrogen-bond acceptors (Lipinski definition) is 4. The predicted octanol–water partition coefficient (Wildman–Crippen LogP) is 3.45. The molecule has 2 fully saturated rings. The number of likely N-dealkylation sites (tertiary alicyclic amines) is 2. The number of benzene rings is 2. The summed E-state index contributed by atoms with van der Waals surface area (Å²) in [5.74, 6) is -0.611. The topological polar surface area (TPSA) is 64.7 Å². The average Bonchev–Trinajstić information content (AvgIpc) is 2.81. The molecule has 2 saturated heterocycles. The smallest absolute Gasteiger partial charge is 0.255 e. The van der Waals surface area contributed by atoms with Crippen molar-refractivity contribution < 1.29 is 18.4 Å². The van der Waals surface area contributed by atoms with Gasteiger partial charge in [-0.15, -0.1) is 0 Å². The Kier molecular flexibility index (Phi) is 10.2. The zero-order chi connectivity index (χ0) is 23.6. The SMILES string of the molecule is O=[C-]N1CCC(N2CC(Nc3ccc(C(=O)NCC(F)F)c(Cl)c3)C2)CC1.[Es].[c-]1ccccc1. The van der Waals surface area contributed by atoms with Crippen LogP contribution in [0.25, 0.3) is 0 Å². The number of halogens is 3. The van der Waals surface area contributed by atoms with Crippen molar-refractivity contribution in [3.63, 3.8) is 0 Å². The zero-order valence-corrected chi connectivity index (χ0v) is 21.7. The standard InChI is InChI=1S/C18H22ClF2N4O2.C6H5.Es/c19-16-7-12(1-2-15(16)18(27)22-8-17(20)21)23-13-9-25(10-13)14-3-5-24(11-26)6-4-14;1-2-4-6-5-3-1;/h1-2,7,13-14,17,23H,3-6,8-10H2,(H,22,27);1-5H;/q2*-1;. The Hall–Kier alpha value is -3.71. The number of alkyl halides is 2. The van der Waals surface area contributed by atoms with Gasteiger partial charge in [-0.25, -0.2) is 8.78 Å². The largest absolute Gasteiger partial charge is 0.520 e. The summed E-state index contributed by atoms with van der Waals surface area (Å²) < 4.78 is 24.4.